The van der Waals surface area contributed by atoms with Crippen molar-refractivity contribution in [1.29, 1.82) is 0 Å². The second-order valence-electron chi connectivity index (χ2n) is 6.83. The van der Waals surface area contributed by atoms with E-state index in [4.69, 9.17) is 9.73 Å². The summed E-state index contributed by atoms with van der Waals surface area (Å²) in [4.78, 5) is 6.93. The van der Waals surface area contributed by atoms with E-state index in [0.29, 0.717) is 13.1 Å². The second-order valence-corrected chi connectivity index (χ2v) is 6.83. The highest BCUT2D eigenvalue weighted by Gasteiger charge is 2.15. The molecule has 1 aliphatic heterocycles. The normalized spacial score (nSPS) is 14.4. The van der Waals surface area contributed by atoms with Crippen molar-refractivity contribution in [3.8, 4) is 5.75 Å². The molecule has 1 aromatic carbocycles. The van der Waals surface area contributed by atoms with E-state index >= 15 is 0 Å². The van der Waals surface area contributed by atoms with Crippen LogP contribution in [0.15, 0.2) is 29.3 Å². The molecule has 2 aromatic rings. The molecule has 0 spiro atoms. The third-order valence-corrected chi connectivity index (χ3v) is 4.85. The number of hydrogen-bond donors (Lipinski definition) is 1. The molecule has 0 amide bonds. The lowest BCUT2D eigenvalue weighted by atomic mass is 10.2. The molecule has 0 atom stereocenters. The maximum absolute atomic E-state index is 5.47. The standard InChI is InChI=1S/C20H30N6O/c1-4-21-20(25(2)15-16-10-7-8-11-17(16)27-3)22-14-19-24-23-18-12-6-5-9-13-26(18)19/h7-8,10-11H,4-6,9,12-15H2,1-3H3,(H,21,22). The van der Waals surface area contributed by atoms with Gasteiger partial charge >= 0.3 is 0 Å². The van der Waals surface area contributed by atoms with Crippen LogP contribution in [0.4, 0.5) is 0 Å². The molecule has 2 heterocycles. The van der Waals surface area contributed by atoms with Gasteiger partial charge in [-0.3, -0.25) is 0 Å². The topological polar surface area (TPSA) is 67.6 Å². The molecule has 7 nitrogen and oxygen atoms in total. The number of aliphatic imine (C=N–C) groups is 1. The fourth-order valence-electron chi connectivity index (χ4n) is 3.44. The minimum Gasteiger partial charge on any atom is -0.496 e. The van der Waals surface area contributed by atoms with Crippen LogP contribution in [0.25, 0.3) is 0 Å². The van der Waals surface area contributed by atoms with Crippen LogP contribution in [-0.2, 0) is 26.1 Å². The molecule has 0 saturated heterocycles. The number of para-hydroxylation sites is 1. The molecule has 0 saturated carbocycles. The molecule has 0 radical (unpaired) electrons. The largest absolute Gasteiger partial charge is 0.496 e. The first kappa shape index (κ1) is 19.2. The van der Waals surface area contributed by atoms with Crippen LogP contribution in [0.5, 0.6) is 5.75 Å². The molecule has 1 aromatic heterocycles. The van der Waals surface area contributed by atoms with Gasteiger partial charge in [0.25, 0.3) is 0 Å². The SMILES string of the molecule is CCNC(=NCc1nnc2n1CCCCC2)N(C)Cc1ccccc1OC. The number of nitrogens with zero attached hydrogens (tertiary/aromatic N) is 5. The summed E-state index contributed by atoms with van der Waals surface area (Å²) in [6.07, 6.45) is 4.67. The average Bonchev–Trinajstić information content (AvgIpc) is 2.91. The number of rotatable bonds is 6. The molecule has 0 unspecified atom stereocenters. The Morgan fingerprint density at radius 2 is 2.11 bits per heavy atom. The van der Waals surface area contributed by atoms with Crippen LogP contribution in [0.1, 0.15) is 43.4 Å². The molecular weight excluding hydrogens is 340 g/mol. The summed E-state index contributed by atoms with van der Waals surface area (Å²) in [5.74, 6) is 3.80. The minimum atomic E-state index is 0.533. The Kier molecular flexibility index (Phi) is 6.68. The van der Waals surface area contributed by atoms with Crippen molar-refractivity contribution in [2.45, 2.75) is 52.2 Å². The van der Waals surface area contributed by atoms with Crippen molar-refractivity contribution in [3.05, 3.63) is 41.5 Å². The van der Waals surface area contributed by atoms with Gasteiger partial charge in [-0.2, -0.15) is 0 Å². The van der Waals surface area contributed by atoms with E-state index in [0.717, 1.165) is 48.4 Å². The highest BCUT2D eigenvalue weighted by atomic mass is 16.5. The first-order valence-corrected chi connectivity index (χ1v) is 9.75. The summed E-state index contributed by atoms with van der Waals surface area (Å²) in [5, 5.41) is 12.1. The fraction of sp³-hybridized carbons (Fsp3) is 0.550. The number of fused-ring (bicyclic) bond motifs is 1. The maximum Gasteiger partial charge on any atom is 0.194 e. The number of methoxy groups -OCH3 is 1. The van der Waals surface area contributed by atoms with E-state index in [1.54, 1.807) is 7.11 Å². The van der Waals surface area contributed by atoms with Crippen LogP contribution in [-0.4, -0.2) is 46.3 Å². The highest BCUT2D eigenvalue weighted by Crippen LogP contribution is 2.19. The van der Waals surface area contributed by atoms with Crippen molar-refractivity contribution in [2.75, 3.05) is 20.7 Å². The van der Waals surface area contributed by atoms with Crippen molar-refractivity contribution in [3.63, 3.8) is 0 Å². The van der Waals surface area contributed by atoms with Gasteiger partial charge in [0.1, 0.15) is 18.1 Å². The molecule has 3 rings (SSSR count). The number of guanidine groups is 1. The Balaban J connectivity index is 1.73. The van der Waals surface area contributed by atoms with Crippen LogP contribution in [0.3, 0.4) is 0 Å². The van der Waals surface area contributed by atoms with Gasteiger partial charge in [-0.25, -0.2) is 4.99 Å². The van der Waals surface area contributed by atoms with Gasteiger partial charge in [-0.1, -0.05) is 24.6 Å². The Bertz CT molecular complexity index is 770. The maximum atomic E-state index is 5.47. The molecule has 0 aliphatic carbocycles. The van der Waals surface area contributed by atoms with Crippen molar-refractivity contribution < 1.29 is 4.74 Å². The lowest BCUT2D eigenvalue weighted by Gasteiger charge is -2.23. The third-order valence-electron chi connectivity index (χ3n) is 4.85. The third kappa shape index (κ3) is 4.78. The minimum absolute atomic E-state index is 0.533. The van der Waals surface area contributed by atoms with Gasteiger partial charge in [0.15, 0.2) is 11.8 Å². The van der Waals surface area contributed by atoms with E-state index in [2.05, 4.69) is 38.0 Å². The zero-order valence-electron chi connectivity index (χ0n) is 16.6. The number of ether oxygens (including phenoxy) is 1. The highest BCUT2D eigenvalue weighted by molar-refractivity contribution is 5.79. The van der Waals surface area contributed by atoms with E-state index in [-0.39, 0.29) is 0 Å². The summed E-state index contributed by atoms with van der Waals surface area (Å²) in [5.41, 5.74) is 1.13. The first-order chi connectivity index (χ1) is 13.2. The fourth-order valence-corrected chi connectivity index (χ4v) is 3.44. The van der Waals surface area contributed by atoms with Crippen molar-refractivity contribution in [2.24, 2.45) is 4.99 Å². The van der Waals surface area contributed by atoms with Gasteiger partial charge in [0.2, 0.25) is 0 Å². The Morgan fingerprint density at radius 3 is 2.93 bits per heavy atom. The number of hydrogen-bond acceptors (Lipinski definition) is 4. The smallest absolute Gasteiger partial charge is 0.194 e. The molecule has 146 valence electrons. The van der Waals surface area contributed by atoms with Crippen LogP contribution >= 0.6 is 0 Å². The van der Waals surface area contributed by atoms with Gasteiger partial charge in [0, 0.05) is 38.7 Å². The molecule has 0 bridgehead atoms. The lowest BCUT2D eigenvalue weighted by Crippen LogP contribution is -2.38. The summed E-state index contributed by atoms with van der Waals surface area (Å²) >= 11 is 0. The summed E-state index contributed by atoms with van der Waals surface area (Å²) in [6, 6.07) is 8.08. The van der Waals surface area contributed by atoms with Crippen LogP contribution in [0, 0.1) is 0 Å². The van der Waals surface area contributed by atoms with E-state index in [9.17, 15) is 0 Å². The lowest BCUT2D eigenvalue weighted by molar-refractivity contribution is 0.396. The first-order valence-electron chi connectivity index (χ1n) is 9.75. The second kappa shape index (κ2) is 9.39. The quantitative estimate of drug-likeness (QED) is 0.625. The molecule has 1 aliphatic rings. The number of aryl methyl sites for hydroxylation is 1. The monoisotopic (exact) mass is 370 g/mol. The van der Waals surface area contributed by atoms with E-state index in [1.807, 2.05) is 25.2 Å². The van der Waals surface area contributed by atoms with Gasteiger partial charge in [0.05, 0.1) is 7.11 Å². The van der Waals surface area contributed by atoms with Crippen molar-refractivity contribution in [1.82, 2.24) is 25.0 Å². The molecular formula is C20H30N6O. The van der Waals surface area contributed by atoms with Gasteiger partial charge < -0.3 is 19.5 Å². The van der Waals surface area contributed by atoms with Gasteiger partial charge in [-0.15, -0.1) is 10.2 Å². The predicted molar refractivity (Wildman–Crippen MR) is 107 cm³/mol. The summed E-state index contributed by atoms with van der Waals surface area (Å²) in [7, 11) is 3.74. The van der Waals surface area contributed by atoms with Crippen LogP contribution < -0.4 is 10.1 Å². The molecule has 7 heteroatoms. The Labute approximate surface area is 161 Å². The number of benzene rings is 1. The van der Waals surface area contributed by atoms with E-state index in [1.165, 1.54) is 19.3 Å². The number of aromatic nitrogens is 3. The molecule has 1 N–H and O–H groups in total. The number of nitrogens with one attached hydrogen (secondary N) is 1. The summed E-state index contributed by atoms with van der Waals surface area (Å²) in [6.45, 7) is 5.14. The van der Waals surface area contributed by atoms with E-state index < -0.39 is 0 Å². The zero-order valence-corrected chi connectivity index (χ0v) is 16.6. The molecule has 27 heavy (non-hydrogen) atoms. The Morgan fingerprint density at radius 1 is 1.26 bits per heavy atom. The summed E-state index contributed by atoms with van der Waals surface area (Å²) < 4.78 is 7.72. The predicted octanol–water partition coefficient (Wildman–Crippen LogP) is 2.61. The Hall–Kier alpha value is -2.57. The van der Waals surface area contributed by atoms with Crippen molar-refractivity contribution >= 4 is 5.96 Å². The van der Waals surface area contributed by atoms with Crippen LogP contribution in [0.2, 0.25) is 0 Å². The zero-order chi connectivity index (χ0) is 19.1. The molecule has 0 fully saturated rings. The average molecular weight is 371 g/mol. The van der Waals surface area contributed by atoms with Gasteiger partial charge in [-0.05, 0) is 25.8 Å².